The molecule has 0 unspecified atom stereocenters. The van der Waals surface area contributed by atoms with Gasteiger partial charge in [-0.05, 0) is 82.5 Å². The molecule has 1 aromatic heterocycles. The Kier molecular flexibility index (Phi) is 6.79. The van der Waals surface area contributed by atoms with Gasteiger partial charge in [0.25, 0.3) is 0 Å². The molecule has 0 N–H and O–H groups in total. The summed E-state index contributed by atoms with van der Waals surface area (Å²) in [6.07, 6.45) is 1.86. The van der Waals surface area contributed by atoms with Crippen molar-refractivity contribution in [2.45, 2.75) is 51.0 Å². The van der Waals surface area contributed by atoms with E-state index in [0.29, 0.717) is 24.6 Å². The fourth-order valence-electron chi connectivity index (χ4n) is 4.01. The Morgan fingerprint density at radius 2 is 1.64 bits per heavy atom. The van der Waals surface area contributed by atoms with Crippen LogP contribution in [-0.2, 0) is 15.6 Å². The van der Waals surface area contributed by atoms with E-state index in [-0.39, 0.29) is 5.54 Å². The maximum atomic E-state index is 12.9. The van der Waals surface area contributed by atoms with Gasteiger partial charge >= 0.3 is 0 Å². The van der Waals surface area contributed by atoms with Crippen molar-refractivity contribution in [1.29, 1.82) is 0 Å². The third-order valence-corrected chi connectivity index (χ3v) is 8.34. The van der Waals surface area contributed by atoms with Crippen LogP contribution in [0.2, 0.25) is 0 Å². The fourth-order valence-corrected chi connectivity index (χ4v) is 6.62. The maximum Gasteiger partial charge on any atom is 0.243 e. The Balaban J connectivity index is 1.71. The number of ether oxygens (including phenoxy) is 1. The Morgan fingerprint density at radius 3 is 2.21 bits per heavy atom. The quantitative estimate of drug-likeness (QED) is 0.470. The van der Waals surface area contributed by atoms with E-state index in [9.17, 15) is 8.42 Å². The number of aromatic nitrogens is 1. The summed E-state index contributed by atoms with van der Waals surface area (Å²) in [7, 11) is -3.42. The van der Waals surface area contributed by atoms with Crippen LogP contribution in [0.25, 0.3) is 11.3 Å². The first-order chi connectivity index (χ1) is 15.7. The summed E-state index contributed by atoms with van der Waals surface area (Å²) in [5, 5.41) is 2.09. The molecule has 4 rings (SSSR count). The monoisotopic (exact) mass is 485 g/mol. The molecule has 1 aliphatic rings. The molecule has 0 atom stereocenters. The van der Waals surface area contributed by atoms with Crippen molar-refractivity contribution in [2.75, 3.05) is 19.7 Å². The third-order valence-electron chi connectivity index (χ3n) is 5.60. The molecule has 2 aromatic carbocycles. The molecular formula is C25H31N3O3S2. The summed E-state index contributed by atoms with van der Waals surface area (Å²) in [5.41, 5.74) is 2.63. The molecule has 1 fully saturated rings. The SMILES string of the molecule is CCOc1ccc(N=c2scc(-c3ccc(S(=O)(=O)N4CCCC4)cc3)n2C(C)(C)C)cc1. The van der Waals surface area contributed by atoms with Gasteiger partial charge in [-0.25, -0.2) is 13.4 Å². The van der Waals surface area contributed by atoms with Gasteiger partial charge < -0.3 is 9.30 Å². The number of nitrogens with zero attached hydrogens (tertiary/aromatic N) is 3. The Bertz CT molecular complexity index is 1260. The van der Waals surface area contributed by atoms with E-state index in [1.54, 1.807) is 27.8 Å². The van der Waals surface area contributed by atoms with Gasteiger partial charge in [-0.2, -0.15) is 4.31 Å². The molecular weight excluding hydrogens is 454 g/mol. The minimum Gasteiger partial charge on any atom is -0.494 e. The second kappa shape index (κ2) is 9.44. The van der Waals surface area contributed by atoms with E-state index in [2.05, 4.69) is 30.7 Å². The molecule has 176 valence electrons. The lowest BCUT2D eigenvalue weighted by atomic mass is 10.1. The summed E-state index contributed by atoms with van der Waals surface area (Å²) in [6, 6.07) is 15.0. The van der Waals surface area contributed by atoms with E-state index in [0.717, 1.165) is 40.3 Å². The Morgan fingerprint density at radius 1 is 1.00 bits per heavy atom. The summed E-state index contributed by atoms with van der Waals surface area (Å²) in [4.78, 5) is 6.12. The standard InChI is InChI=1S/C25H31N3O3S2/c1-5-31-21-12-10-20(11-13-21)26-24-28(25(2,3)4)23(18-32-24)19-8-14-22(15-9-19)33(29,30)27-16-6-7-17-27/h8-15,18H,5-7,16-17H2,1-4H3. The largest absolute Gasteiger partial charge is 0.494 e. The van der Waals surface area contributed by atoms with Crippen LogP contribution in [0.5, 0.6) is 5.75 Å². The van der Waals surface area contributed by atoms with Crippen molar-refractivity contribution in [3.63, 3.8) is 0 Å². The highest BCUT2D eigenvalue weighted by molar-refractivity contribution is 7.89. The van der Waals surface area contributed by atoms with Gasteiger partial charge in [0.05, 0.1) is 22.9 Å². The van der Waals surface area contributed by atoms with Crippen LogP contribution in [0.15, 0.2) is 63.8 Å². The second-order valence-electron chi connectivity index (χ2n) is 9.08. The molecule has 0 aliphatic carbocycles. The van der Waals surface area contributed by atoms with E-state index in [1.165, 1.54) is 0 Å². The number of sulfonamides is 1. The van der Waals surface area contributed by atoms with Crippen molar-refractivity contribution >= 4 is 27.0 Å². The molecule has 6 nitrogen and oxygen atoms in total. The van der Waals surface area contributed by atoms with E-state index in [1.807, 2.05) is 43.3 Å². The van der Waals surface area contributed by atoms with Crippen molar-refractivity contribution in [3.05, 3.63) is 58.7 Å². The lowest BCUT2D eigenvalue weighted by molar-refractivity contribution is 0.340. The van der Waals surface area contributed by atoms with Gasteiger partial charge in [0.15, 0.2) is 4.80 Å². The number of rotatable bonds is 6. The van der Waals surface area contributed by atoms with Crippen LogP contribution >= 0.6 is 11.3 Å². The smallest absolute Gasteiger partial charge is 0.243 e. The zero-order chi connectivity index (χ0) is 23.6. The summed E-state index contributed by atoms with van der Waals surface area (Å²) >= 11 is 1.58. The molecule has 8 heteroatoms. The summed E-state index contributed by atoms with van der Waals surface area (Å²) in [5.74, 6) is 0.830. The number of benzene rings is 2. The van der Waals surface area contributed by atoms with E-state index < -0.39 is 10.0 Å². The lowest BCUT2D eigenvalue weighted by Gasteiger charge is -2.24. The molecule has 1 aliphatic heterocycles. The maximum absolute atomic E-state index is 12.9. The van der Waals surface area contributed by atoms with Gasteiger partial charge in [-0.1, -0.05) is 12.1 Å². The second-order valence-corrected chi connectivity index (χ2v) is 11.9. The first-order valence-corrected chi connectivity index (χ1v) is 13.6. The van der Waals surface area contributed by atoms with E-state index >= 15 is 0 Å². The zero-order valence-corrected chi connectivity index (χ0v) is 21.2. The molecule has 3 aromatic rings. The third kappa shape index (κ3) is 5.08. The van der Waals surface area contributed by atoms with Crippen LogP contribution in [0.3, 0.4) is 0 Å². The number of hydrogen-bond donors (Lipinski definition) is 0. The number of thiazole rings is 1. The molecule has 2 heterocycles. The van der Waals surface area contributed by atoms with Gasteiger partial charge in [-0.3, -0.25) is 0 Å². The highest BCUT2D eigenvalue weighted by Gasteiger charge is 2.27. The van der Waals surface area contributed by atoms with Crippen LogP contribution < -0.4 is 9.54 Å². The van der Waals surface area contributed by atoms with Crippen molar-refractivity contribution < 1.29 is 13.2 Å². The predicted molar refractivity (Wildman–Crippen MR) is 134 cm³/mol. The average molecular weight is 486 g/mol. The van der Waals surface area contributed by atoms with Crippen molar-refractivity contribution in [1.82, 2.24) is 8.87 Å². The highest BCUT2D eigenvalue weighted by Crippen LogP contribution is 2.29. The highest BCUT2D eigenvalue weighted by atomic mass is 32.2. The van der Waals surface area contributed by atoms with Gasteiger partial charge in [-0.15, -0.1) is 11.3 Å². The Labute approximate surface area is 200 Å². The van der Waals surface area contributed by atoms with Crippen LogP contribution in [0.4, 0.5) is 5.69 Å². The molecule has 1 saturated heterocycles. The first-order valence-electron chi connectivity index (χ1n) is 11.3. The normalized spacial score (nSPS) is 15.8. The van der Waals surface area contributed by atoms with Crippen molar-refractivity contribution in [2.24, 2.45) is 4.99 Å². The number of hydrogen-bond acceptors (Lipinski definition) is 5. The van der Waals surface area contributed by atoms with Gasteiger partial charge in [0.1, 0.15) is 5.75 Å². The Hall–Kier alpha value is -2.42. The molecule has 0 saturated carbocycles. The van der Waals surface area contributed by atoms with Gasteiger partial charge in [0.2, 0.25) is 10.0 Å². The molecule has 0 radical (unpaired) electrons. The minimum absolute atomic E-state index is 0.209. The van der Waals surface area contributed by atoms with Crippen molar-refractivity contribution in [3.8, 4) is 17.0 Å². The van der Waals surface area contributed by atoms with Crippen LogP contribution in [0, 0.1) is 0 Å². The zero-order valence-electron chi connectivity index (χ0n) is 19.6. The predicted octanol–water partition coefficient (Wildman–Crippen LogP) is 5.39. The lowest BCUT2D eigenvalue weighted by Crippen LogP contribution is -2.31. The molecule has 0 spiro atoms. The van der Waals surface area contributed by atoms with E-state index in [4.69, 9.17) is 9.73 Å². The van der Waals surface area contributed by atoms with Gasteiger partial charge in [0, 0.05) is 24.0 Å². The summed E-state index contributed by atoms with van der Waals surface area (Å²) < 4.78 is 35.1. The molecule has 33 heavy (non-hydrogen) atoms. The first kappa shape index (κ1) is 23.7. The molecule has 0 amide bonds. The van der Waals surface area contributed by atoms with Crippen LogP contribution in [0.1, 0.15) is 40.5 Å². The summed E-state index contributed by atoms with van der Waals surface area (Å²) in [6.45, 7) is 10.2. The minimum atomic E-state index is -3.42. The fraction of sp³-hybridized carbons (Fsp3) is 0.400. The van der Waals surface area contributed by atoms with Crippen LogP contribution in [-0.4, -0.2) is 37.0 Å². The average Bonchev–Trinajstić information content (AvgIpc) is 3.46. The molecule has 0 bridgehead atoms. The topological polar surface area (TPSA) is 63.9 Å².